The highest BCUT2D eigenvalue weighted by molar-refractivity contribution is 6.09. The van der Waals surface area contributed by atoms with E-state index in [-0.39, 0.29) is 24.2 Å². The predicted octanol–water partition coefficient (Wildman–Crippen LogP) is 2.80. The SMILES string of the molecule is Cc1ccccc1N1CC[C@H](C(=O)NCc2ccccc2F)C1=O. The van der Waals surface area contributed by atoms with Crippen molar-refractivity contribution in [2.75, 3.05) is 11.4 Å². The van der Waals surface area contributed by atoms with Crippen LogP contribution in [0.3, 0.4) is 0 Å². The standard InChI is InChI=1S/C19H19FN2O2/c1-13-6-2-5-9-17(13)22-11-10-15(19(22)24)18(23)21-12-14-7-3-4-8-16(14)20/h2-9,15H,10-12H2,1H3,(H,21,23)/t15-/m1/s1. The Kier molecular flexibility index (Phi) is 4.60. The summed E-state index contributed by atoms with van der Waals surface area (Å²) in [5, 5.41) is 2.67. The van der Waals surface area contributed by atoms with E-state index < -0.39 is 5.92 Å². The number of carbonyl (C=O) groups excluding carboxylic acids is 2. The fourth-order valence-electron chi connectivity index (χ4n) is 2.98. The number of amides is 2. The summed E-state index contributed by atoms with van der Waals surface area (Å²) in [5.41, 5.74) is 2.25. The molecule has 0 bridgehead atoms. The van der Waals surface area contributed by atoms with Crippen LogP contribution in [-0.4, -0.2) is 18.4 Å². The number of para-hydroxylation sites is 1. The Labute approximate surface area is 140 Å². The molecule has 0 aliphatic carbocycles. The van der Waals surface area contributed by atoms with Crippen molar-refractivity contribution in [1.29, 1.82) is 0 Å². The van der Waals surface area contributed by atoms with E-state index in [0.29, 0.717) is 18.5 Å². The molecular formula is C19H19FN2O2. The number of anilines is 1. The van der Waals surface area contributed by atoms with E-state index in [0.717, 1.165) is 11.3 Å². The molecule has 2 amide bonds. The Morgan fingerprint density at radius 2 is 1.92 bits per heavy atom. The molecule has 0 aromatic heterocycles. The number of benzene rings is 2. The molecule has 2 aromatic carbocycles. The molecule has 0 spiro atoms. The van der Waals surface area contributed by atoms with Gasteiger partial charge in [0, 0.05) is 24.3 Å². The molecule has 0 saturated carbocycles. The summed E-state index contributed by atoms with van der Waals surface area (Å²) in [6.07, 6.45) is 0.469. The molecule has 1 atom stereocenters. The zero-order valence-electron chi connectivity index (χ0n) is 13.5. The van der Waals surface area contributed by atoms with Gasteiger partial charge in [-0.25, -0.2) is 4.39 Å². The average molecular weight is 326 g/mol. The number of rotatable bonds is 4. The van der Waals surface area contributed by atoms with Gasteiger partial charge in [0.25, 0.3) is 0 Å². The molecule has 0 unspecified atom stereocenters. The average Bonchev–Trinajstić information content (AvgIpc) is 2.96. The fourth-order valence-corrected chi connectivity index (χ4v) is 2.98. The van der Waals surface area contributed by atoms with Gasteiger partial charge in [-0.05, 0) is 31.0 Å². The van der Waals surface area contributed by atoms with Crippen molar-refractivity contribution < 1.29 is 14.0 Å². The maximum atomic E-state index is 13.6. The summed E-state index contributed by atoms with van der Waals surface area (Å²) in [6.45, 7) is 2.54. The summed E-state index contributed by atoms with van der Waals surface area (Å²) in [5.74, 6) is -1.62. The van der Waals surface area contributed by atoms with Crippen LogP contribution in [0.25, 0.3) is 0 Å². The van der Waals surface area contributed by atoms with Crippen LogP contribution in [0.1, 0.15) is 17.5 Å². The normalized spacial score (nSPS) is 17.2. The molecule has 5 heteroatoms. The fraction of sp³-hybridized carbons (Fsp3) is 0.263. The number of carbonyl (C=O) groups is 2. The first kappa shape index (κ1) is 16.2. The molecule has 1 heterocycles. The van der Waals surface area contributed by atoms with Gasteiger partial charge in [0.1, 0.15) is 11.7 Å². The lowest BCUT2D eigenvalue weighted by atomic mass is 10.1. The van der Waals surface area contributed by atoms with E-state index in [2.05, 4.69) is 5.32 Å². The third kappa shape index (κ3) is 3.15. The molecular weight excluding hydrogens is 307 g/mol. The van der Waals surface area contributed by atoms with Crippen molar-refractivity contribution in [3.63, 3.8) is 0 Å². The predicted molar refractivity (Wildman–Crippen MR) is 89.9 cm³/mol. The first-order valence-electron chi connectivity index (χ1n) is 7.96. The zero-order chi connectivity index (χ0) is 17.1. The second-order valence-electron chi connectivity index (χ2n) is 5.93. The highest BCUT2D eigenvalue weighted by Gasteiger charge is 2.37. The maximum Gasteiger partial charge on any atom is 0.239 e. The molecule has 24 heavy (non-hydrogen) atoms. The van der Waals surface area contributed by atoms with Crippen LogP contribution in [0.15, 0.2) is 48.5 Å². The topological polar surface area (TPSA) is 49.4 Å². The second kappa shape index (κ2) is 6.83. The molecule has 1 aliphatic heterocycles. The van der Waals surface area contributed by atoms with E-state index >= 15 is 0 Å². The van der Waals surface area contributed by atoms with Gasteiger partial charge in [0.15, 0.2) is 0 Å². The lowest BCUT2D eigenvalue weighted by Gasteiger charge is -2.19. The number of hydrogen-bond acceptors (Lipinski definition) is 2. The Balaban J connectivity index is 1.66. The van der Waals surface area contributed by atoms with Crippen molar-refractivity contribution in [3.05, 3.63) is 65.5 Å². The number of nitrogens with one attached hydrogen (secondary N) is 1. The first-order valence-corrected chi connectivity index (χ1v) is 7.96. The molecule has 124 valence electrons. The molecule has 1 fully saturated rings. The lowest BCUT2D eigenvalue weighted by molar-refractivity contribution is -0.132. The Morgan fingerprint density at radius 3 is 2.67 bits per heavy atom. The van der Waals surface area contributed by atoms with Crippen molar-refractivity contribution in [2.45, 2.75) is 19.9 Å². The van der Waals surface area contributed by atoms with Gasteiger partial charge in [-0.3, -0.25) is 9.59 Å². The zero-order valence-corrected chi connectivity index (χ0v) is 13.5. The van der Waals surface area contributed by atoms with Gasteiger partial charge in [-0.15, -0.1) is 0 Å². The van der Waals surface area contributed by atoms with E-state index in [9.17, 15) is 14.0 Å². The molecule has 1 saturated heterocycles. The lowest BCUT2D eigenvalue weighted by Crippen LogP contribution is -2.36. The monoisotopic (exact) mass is 326 g/mol. The third-order valence-corrected chi connectivity index (χ3v) is 4.34. The van der Waals surface area contributed by atoms with Gasteiger partial charge < -0.3 is 10.2 Å². The minimum atomic E-state index is -0.712. The molecule has 3 rings (SSSR count). The highest BCUT2D eigenvalue weighted by atomic mass is 19.1. The third-order valence-electron chi connectivity index (χ3n) is 4.34. The maximum absolute atomic E-state index is 13.6. The Bertz CT molecular complexity index is 775. The largest absolute Gasteiger partial charge is 0.351 e. The summed E-state index contributed by atoms with van der Waals surface area (Å²) in [7, 11) is 0. The van der Waals surface area contributed by atoms with Crippen LogP contribution in [0.2, 0.25) is 0 Å². The van der Waals surface area contributed by atoms with Crippen molar-refractivity contribution in [3.8, 4) is 0 Å². The first-order chi connectivity index (χ1) is 11.6. The van der Waals surface area contributed by atoms with Crippen LogP contribution in [0, 0.1) is 18.7 Å². The van der Waals surface area contributed by atoms with Crippen LogP contribution in [-0.2, 0) is 16.1 Å². The van der Waals surface area contributed by atoms with Crippen LogP contribution >= 0.6 is 0 Å². The van der Waals surface area contributed by atoms with Gasteiger partial charge >= 0.3 is 0 Å². The number of nitrogens with zero attached hydrogens (tertiary/aromatic N) is 1. The Morgan fingerprint density at radius 1 is 1.21 bits per heavy atom. The van der Waals surface area contributed by atoms with Crippen LogP contribution in [0.4, 0.5) is 10.1 Å². The summed E-state index contributed by atoms with van der Waals surface area (Å²) in [4.78, 5) is 26.5. The van der Waals surface area contributed by atoms with E-state index in [4.69, 9.17) is 0 Å². The molecule has 2 aromatic rings. The summed E-state index contributed by atoms with van der Waals surface area (Å²) >= 11 is 0. The Hall–Kier alpha value is -2.69. The highest BCUT2D eigenvalue weighted by Crippen LogP contribution is 2.27. The van der Waals surface area contributed by atoms with Crippen molar-refractivity contribution in [1.82, 2.24) is 5.32 Å². The van der Waals surface area contributed by atoms with E-state index in [1.807, 2.05) is 31.2 Å². The minimum Gasteiger partial charge on any atom is -0.351 e. The smallest absolute Gasteiger partial charge is 0.239 e. The number of aryl methyl sites for hydroxylation is 1. The van der Waals surface area contributed by atoms with Gasteiger partial charge in [0.05, 0.1) is 0 Å². The molecule has 1 N–H and O–H groups in total. The van der Waals surface area contributed by atoms with E-state index in [1.54, 1.807) is 23.1 Å². The number of hydrogen-bond donors (Lipinski definition) is 1. The summed E-state index contributed by atoms with van der Waals surface area (Å²) < 4.78 is 13.6. The van der Waals surface area contributed by atoms with Crippen LogP contribution < -0.4 is 10.2 Å². The summed E-state index contributed by atoms with van der Waals surface area (Å²) in [6, 6.07) is 13.9. The molecule has 1 aliphatic rings. The van der Waals surface area contributed by atoms with Gasteiger partial charge in [-0.2, -0.15) is 0 Å². The van der Waals surface area contributed by atoms with Crippen molar-refractivity contribution in [2.24, 2.45) is 5.92 Å². The van der Waals surface area contributed by atoms with Gasteiger partial charge in [-0.1, -0.05) is 36.4 Å². The van der Waals surface area contributed by atoms with Crippen LogP contribution in [0.5, 0.6) is 0 Å². The molecule has 0 radical (unpaired) electrons. The molecule has 4 nitrogen and oxygen atoms in total. The van der Waals surface area contributed by atoms with Crippen molar-refractivity contribution >= 4 is 17.5 Å². The van der Waals surface area contributed by atoms with E-state index in [1.165, 1.54) is 6.07 Å². The number of halogens is 1. The van der Waals surface area contributed by atoms with Gasteiger partial charge in [0.2, 0.25) is 11.8 Å². The second-order valence-corrected chi connectivity index (χ2v) is 5.93. The quantitative estimate of drug-likeness (QED) is 0.879. The minimum absolute atomic E-state index is 0.0830.